The molecule has 0 fully saturated rings. The van der Waals surface area contributed by atoms with Crippen molar-refractivity contribution in [3.8, 4) is 0 Å². The smallest absolute Gasteiger partial charge is 0.408 e. The summed E-state index contributed by atoms with van der Waals surface area (Å²) in [6.45, 7) is 0.481. The number of nitrogens with one attached hydrogen (secondary N) is 2. The molecule has 1 heterocycles. The van der Waals surface area contributed by atoms with E-state index in [9.17, 15) is 14.0 Å². The average molecular weight is 314 g/mol. The van der Waals surface area contributed by atoms with Gasteiger partial charge < -0.3 is 9.73 Å². The monoisotopic (exact) mass is 314 g/mol. The third-order valence-corrected chi connectivity index (χ3v) is 3.50. The summed E-state index contributed by atoms with van der Waals surface area (Å²) in [5.41, 5.74) is 2.79. The van der Waals surface area contributed by atoms with Crippen molar-refractivity contribution in [2.75, 3.05) is 6.54 Å². The molecule has 2 N–H and O–H groups in total. The van der Waals surface area contributed by atoms with Crippen LogP contribution in [0.3, 0.4) is 0 Å². The van der Waals surface area contributed by atoms with E-state index in [1.54, 1.807) is 30.3 Å². The molecule has 118 valence electrons. The molecule has 1 aromatic heterocycles. The minimum atomic E-state index is -0.513. The van der Waals surface area contributed by atoms with E-state index in [1.165, 1.54) is 12.1 Å². The number of rotatable bonds is 5. The Kier molecular flexibility index (Phi) is 4.23. The molecule has 0 unspecified atom stereocenters. The fourth-order valence-corrected chi connectivity index (χ4v) is 2.35. The second-order valence-corrected chi connectivity index (χ2v) is 5.25. The van der Waals surface area contributed by atoms with Gasteiger partial charge in [-0.05, 0) is 41.8 Å². The molecule has 0 saturated heterocycles. The third kappa shape index (κ3) is 3.85. The van der Waals surface area contributed by atoms with Crippen LogP contribution >= 0.6 is 0 Å². The second-order valence-electron chi connectivity index (χ2n) is 5.25. The summed E-state index contributed by atoms with van der Waals surface area (Å²) < 4.78 is 17.7. The molecule has 3 aromatic rings. The number of aromatic nitrogens is 1. The van der Waals surface area contributed by atoms with Gasteiger partial charge in [-0.25, -0.2) is 9.18 Å². The molecule has 0 bridgehead atoms. The van der Waals surface area contributed by atoms with Crippen molar-refractivity contribution in [1.82, 2.24) is 10.3 Å². The highest BCUT2D eigenvalue weighted by Gasteiger charge is 2.06. The van der Waals surface area contributed by atoms with Gasteiger partial charge >= 0.3 is 5.76 Å². The molecule has 23 heavy (non-hydrogen) atoms. The molecule has 0 saturated carbocycles. The number of aromatic amines is 1. The fourth-order valence-electron chi connectivity index (χ4n) is 2.35. The van der Waals surface area contributed by atoms with Gasteiger partial charge in [0.05, 0.1) is 11.9 Å². The topological polar surface area (TPSA) is 75.1 Å². The van der Waals surface area contributed by atoms with Crippen LogP contribution in [-0.4, -0.2) is 17.4 Å². The van der Waals surface area contributed by atoms with Gasteiger partial charge in [0.25, 0.3) is 0 Å². The molecule has 5 nitrogen and oxygen atoms in total. The average Bonchev–Trinajstić information content (AvgIpc) is 2.88. The molecule has 0 aliphatic carbocycles. The molecule has 6 heteroatoms. The van der Waals surface area contributed by atoms with Crippen LogP contribution in [0.5, 0.6) is 0 Å². The van der Waals surface area contributed by atoms with Crippen LogP contribution in [0.1, 0.15) is 11.1 Å². The molecule has 0 aliphatic heterocycles. The molecule has 1 amide bonds. The van der Waals surface area contributed by atoms with Crippen molar-refractivity contribution in [1.29, 1.82) is 0 Å². The maximum atomic E-state index is 12.8. The summed E-state index contributed by atoms with van der Waals surface area (Å²) in [7, 11) is 0. The van der Waals surface area contributed by atoms with E-state index in [0.29, 0.717) is 24.1 Å². The zero-order chi connectivity index (χ0) is 16.2. The summed E-state index contributed by atoms with van der Waals surface area (Å²) in [5.74, 6) is -0.899. The van der Waals surface area contributed by atoms with Gasteiger partial charge in [0.1, 0.15) is 5.82 Å². The normalized spacial score (nSPS) is 10.8. The summed E-state index contributed by atoms with van der Waals surface area (Å²) in [6, 6.07) is 11.3. The highest BCUT2D eigenvalue weighted by Crippen LogP contribution is 2.12. The van der Waals surface area contributed by atoms with Crippen molar-refractivity contribution in [2.24, 2.45) is 0 Å². The van der Waals surface area contributed by atoms with Crippen LogP contribution < -0.4 is 11.1 Å². The molecular weight excluding hydrogens is 299 g/mol. The van der Waals surface area contributed by atoms with Gasteiger partial charge in [-0.1, -0.05) is 18.2 Å². The standard InChI is InChI=1S/C17H15FN2O3/c18-13-4-1-11(2-5-13)7-8-19-16(21)10-12-3-6-15-14(9-12)20-17(22)23-15/h1-6,9H,7-8,10H2,(H,19,21)(H,20,22). The lowest BCUT2D eigenvalue weighted by molar-refractivity contribution is -0.120. The number of carbonyl (C=O) groups is 1. The predicted octanol–water partition coefficient (Wildman–Crippen LogP) is 2.16. The lowest BCUT2D eigenvalue weighted by atomic mass is 10.1. The Morgan fingerprint density at radius 2 is 1.87 bits per heavy atom. The summed E-state index contributed by atoms with van der Waals surface area (Å²) in [5, 5.41) is 2.82. The van der Waals surface area contributed by atoms with Gasteiger partial charge in [-0.3, -0.25) is 9.78 Å². The highest BCUT2D eigenvalue weighted by molar-refractivity contribution is 5.80. The lowest BCUT2D eigenvalue weighted by Gasteiger charge is -2.05. The SMILES string of the molecule is O=C(Cc1ccc2oc(=O)[nH]c2c1)NCCc1ccc(F)cc1. The van der Waals surface area contributed by atoms with Crippen LogP contribution in [0.15, 0.2) is 51.7 Å². The molecule has 3 rings (SSSR count). The van der Waals surface area contributed by atoms with E-state index in [0.717, 1.165) is 11.1 Å². The Hall–Kier alpha value is -2.89. The number of hydrogen-bond acceptors (Lipinski definition) is 3. The Morgan fingerprint density at radius 1 is 1.13 bits per heavy atom. The number of fused-ring (bicyclic) bond motifs is 1. The second kappa shape index (κ2) is 6.48. The van der Waals surface area contributed by atoms with Gasteiger partial charge in [0, 0.05) is 6.54 Å². The van der Waals surface area contributed by atoms with E-state index in [1.807, 2.05) is 0 Å². The van der Waals surface area contributed by atoms with Crippen LogP contribution in [0.2, 0.25) is 0 Å². The largest absolute Gasteiger partial charge is 0.417 e. The quantitative estimate of drug-likeness (QED) is 0.758. The molecule has 2 aromatic carbocycles. The first-order valence-electron chi connectivity index (χ1n) is 7.23. The predicted molar refractivity (Wildman–Crippen MR) is 83.7 cm³/mol. The van der Waals surface area contributed by atoms with Gasteiger partial charge in [0.15, 0.2) is 5.58 Å². The van der Waals surface area contributed by atoms with Crippen LogP contribution in [0.25, 0.3) is 11.1 Å². The van der Waals surface area contributed by atoms with E-state index in [2.05, 4.69) is 10.3 Å². The maximum absolute atomic E-state index is 12.8. The molecule has 0 spiro atoms. The van der Waals surface area contributed by atoms with Gasteiger partial charge in [0.2, 0.25) is 5.91 Å². The molecule has 0 radical (unpaired) electrons. The number of amides is 1. The van der Waals surface area contributed by atoms with Crippen molar-refractivity contribution in [2.45, 2.75) is 12.8 Å². The van der Waals surface area contributed by atoms with Gasteiger partial charge in [-0.2, -0.15) is 0 Å². The Labute approximate surface area is 131 Å². The van der Waals surface area contributed by atoms with Crippen molar-refractivity contribution >= 4 is 17.0 Å². The first kappa shape index (κ1) is 15.0. The minimum absolute atomic E-state index is 0.114. The third-order valence-electron chi connectivity index (χ3n) is 3.50. The zero-order valence-electron chi connectivity index (χ0n) is 12.3. The summed E-state index contributed by atoms with van der Waals surface area (Å²) in [4.78, 5) is 25.6. The Balaban J connectivity index is 1.53. The minimum Gasteiger partial charge on any atom is -0.408 e. The maximum Gasteiger partial charge on any atom is 0.417 e. The number of benzene rings is 2. The fraction of sp³-hybridized carbons (Fsp3) is 0.176. The number of hydrogen-bond donors (Lipinski definition) is 2. The van der Waals surface area contributed by atoms with Crippen LogP contribution in [0.4, 0.5) is 4.39 Å². The van der Waals surface area contributed by atoms with E-state index in [-0.39, 0.29) is 18.1 Å². The molecular formula is C17H15FN2O3. The first-order valence-corrected chi connectivity index (χ1v) is 7.23. The Bertz CT molecular complexity index is 881. The van der Waals surface area contributed by atoms with Crippen molar-refractivity contribution in [3.63, 3.8) is 0 Å². The highest BCUT2D eigenvalue weighted by atomic mass is 19.1. The molecule has 0 aliphatic rings. The number of oxazole rings is 1. The lowest BCUT2D eigenvalue weighted by Crippen LogP contribution is -2.27. The van der Waals surface area contributed by atoms with E-state index >= 15 is 0 Å². The Morgan fingerprint density at radius 3 is 2.65 bits per heavy atom. The van der Waals surface area contributed by atoms with E-state index in [4.69, 9.17) is 4.42 Å². The van der Waals surface area contributed by atoms with Gasteiger partial charge in [-0.15, -0.1) is 0 Å². The zero-order valence-corrected chi connectivity index (χ0v) is 12.3. The summed E-state index contributed by atoms with van der Waals surface area (Å²) in [6.07, 6.45) is 0.854. The van der Waals surface area contributed by atoms with E-state index < -0.39 is 5.76 Å². The molecule has 0 atom stereocenters. The van der Waals surface area contributed by atoms with Crippen molar-refractivity contribution in [3.05, 3.63) is 70.0 Å². The van der Waals surface area contributed by atoms with Crippen molar-refractivity contribution < 1.29 is 13.6 Å². The van der Waals surface area contributed by atoms with Crippen LogP contribution in [-0.2, 0) is 17.6 Å². The number of carbonyl (C=O) groups excluding carboxylic acids is 1. The number of halogens is 1. The van der Waals surface area contributed by atoms with Crippen LogP contribution in [0, 0.1) is 5.82 Å². The summed E-state index contributed by atoms with van der Waals surface area (Å²) >= 11 is 0. The number of H-pyrrole nitrogens is 1. The first-order chi connectivity index (χ1) is 11.1.